The molecule has 0 saturated carbocycles. The molecule has 0 N–H and O–H groups in total. The van der Waals surface area contributed by atoms with Crippen LogP contribution in [0.1, 0.15) is 6.92 Å². The number of sulfonamides is 1. The minimum Gasteiger partial charge on any atom is -0.497 e. The molecule has 0 aliphatic carbocycles. The number of nitrogens with zero attached hydrogens (tertiary/aromatic N) is 2. The van der Waals surface area contributed by atoms with Gasteiger partial charge in [0.05, 0.1) is 31.4 Å². The highest BCUT2D eigenvalue weighted by Crippen LogP contribution is 2.37. The number of carbonyl (C=O) groups is 1. The van der Waals surface area contributed by atoms with Crippen LogP contribution in [0.4, 0.5) is 11.4 Å². The fourth-order valence-corrected chi connectivity index (χ4v) is 4.14. The second kappa shape index (κ2) is 9.24. The highest BCUT2D eigenvalue weighted by atomic mass is 32.2. The van der Waals surface area contributed by atoms with E-state index in [1.165, 1.54) is 44.6 Å². The first kappa shape index (κ1) is 22.0. The SMILES string of the molecule is CCOC(=O)CN(c1ccc(OC)cc1OC)S(=O)(=O)c1ccccc1[N+](=O)[O-]. The Kier molecular flexibility index (Phi) is 6.99. The molecule has 0 aliphatic rings. The topological polar surface area (TPSA) is 125 Å². The van der Waals surface area contributed by atoms with E-state index >= 15 is 0 Å². The van der Waals surface area contributed by atoms with Crippen LogP contribution >= 0.6 is 0 Å². The summed E-state index contributed by atoms with van der Waals surface area (Å²) in [5, 5.41) is 11.3. The summed E-state index contributed by atoms with van der Waals surface area (Å²) in [7, 11) is -1.78. The molecule has 0 amide bonds. The summed E-state index contributed by atoms with van der Waals surface area (Å²) in [4.78, 5) is 22.1. The lowest BCUT2D eigenvalue weighted by Crippen LogP contribution is -2.37. The number of ether oxygens (including phenoxy) is 3. The normalized spacial score (nSPS) is 10.9. The summed E-state index contributed by atoms with van der Waals surface area (Å²) in [5.74, 6) is -0.340. The van der Waals surface area contributed by atoms with E-state index in [0.29, 0.717) is 10.1 Å². The number of para-hydroxylation sites is 1. The van der Waals surface area contributed by atoms with Crippen LogP contribution in [0.2, 0.25) is 0 Å². The van der Waals surface area contributed by atoms with Crippen LogP contribution in [0.25, 0.3) is 0 Å². The Morgan fingerprint density at radius 2 is 1.83 bits per heavy atom. The van der Waals surface area contributed by atoms with Crippen LogP contribution in [0.5, 0.6) is 11.5 Å². The lowest BCUT2D eigenvalue weighted by atomic mass is 10.2. The number of methoxy groups -OCH3 is 2. The Bertz CT molecular complexity index is 1010. The molecule has 0 atom stereocenters. The first-order chi connectivity index (χ1) is 13.8. The summed E-state index contributed by atoms with van der Waals surface area (Å²) in [5.41, 5.74) is -0.617. The van der Waals surface area contributed by atoms with Crippen molar-refractivity contribution in [1.82, 2.24) is 0 Å². The smallest absolute Gasteiger partial charge is 0.326 e. The van der Waals surface area contributed by atoms with Gasteiger partial charge in [-0.15, -0.1) is 0 Å². The van der Waals surface area contributed by atoms with Crippen molar-refractivity contribution in [3.05, 3.63) is 52.6 Å². The van der Waals surface area contributed by atoms with Crippen molar-refractivity contribution in [3.63, 3.8) is 0 Å². The van der Waals surface area contributed by atoms with Gasteiger partial charge in [-0.2, -0.15) is 0 Å². The second-order valence-corrected chi connectivity index (χ2v) is 7.41. The number of nitro groups is 1. The Hall–Kier alpha value is -3.34. The van der Waals surface area contributed by atoms with E-state index in [9.17, 15) is 23.3 Å². The van der Waals surface area contributed by atoms with Crippen molar-refractivity contribution >= 4 is 27.4 Å². The zero-order valence-corrected chi connectivity index (χ0v) is 16.8. The predicted molar refractivity (Wildman–Crippen MR) is 104 cm³/mol. The maximum Gasteiger partial charge on any atom is 0.326 e. The van der Waals surface area contributed by atoms with E-state index in [1.807, 2.05) is 0 Å². The predicted octanol–water partition coefficient (Wildman–Crippen LogP) is 2.37. The van der Waals surface area contributed by atoms with Crippen LogP contribution < -0.4 is 13.8 Å². The van der Waals surface area contributed by atoms with E-state index in [4.69, 9.17) is 14.2 Å². The zero-order valence-electron chi connectivity index (χ0n) is 16.0. The number of carbonyl (C=O) groups excluding carboxylic acids is 1. The third-order valence-electron chi connectivity index (χ3n) is 3.86. The summed E-state index contributed by atoms with van der Waals surface area (Å²) in [6.45, 7) is 0.912. The summed E-state index contributed by atoms with van der Waals surface area (Å²) in [6, 6.07) is 9.16. The summed E-state index contributed by atoms with van der Waals surface area (Å²) in [6.07, 6.45) is 0. The molecule has 2 aromatic rings. The highest BCUT2D eigenvalue weighted by Gasteiger charge is 2.35. The quantitative estimate of drug-likeness (QED) is 0.341. The minimum atomic E-state index is -4.53. The van der Waals surface area contributed by atoms with Crippen LogP contribution in [-0.4, -0.2) is 46.7 Å². The molecule has 2 rings (SSSR count). The third-order valence-corrected chi connectivity index (χ3v) is 5.67. The molecule has 0 bridgehead atoms. The first-order valence-electron chi connectivity index (χ1n) is 8.40. The number of hydrogen-bond donors (Lipinski definition) is 0. The van der Waals surface area contributed by atoms with Gasteiger partial charge in [0.15, 0.2) is 4.90 Å². The van der Waals surface area contributed by atoms with Crippen molar-refractivity contribution in [1.29, 1.82) is 0 Å². The standard InChI is InChI=1S/C18H20N2O8S/c1-4-28-18(21)12-19(14-10-9-13(26-2)11-16(14)27-3)29(24,25)17-8-6-5-7-15(17)20(22)23/h5-11H,4,12H2,1-3H3. The van der Waals surface area contributed by atoms with E-state index in [1.54, 1.807) is 6.92 Å². The Balaban J connectivity index is 2.69. The van der Waals surface area contributed by atoms with Crippen LogP contribution in [0.15, 0.2) is 47.4 Å². The van der Waals surface area contributed by atoms with Crippen molar-refractivity contribution in [2.75, 3.05) is 31.7 Å². The van der Waals surface area contributed by atoms with Crippen LogP contribution in [0.3, 0.4) is 0 Å². The molecule has 0 aliphatic heterocycles. The number of rotatable bonds is 9. The molecular formula is C18H20N2O8S. The van der Waals surface area contributed by atoms with Gasteiger partial charge < -0.3 is 14.2 Å². The van der Waals surface area contributed by atoms with Crippen molar-refractivity contribution in [2.24, 2.45) is 0 Å². The fraction of sp³-hybridized carbons (Fsp3) is 0.278. The molecule has 0 aromatic heterocycles. The summed E-state index contributed by atoms with van der Waals surface area (Å²) >= 11 is 0. The number of esters is 1. The first-order valence-corrected chi connectivity index (χ1v) is 9.84. The number of anilines is 1. The van der Waals surface area contributed by atoms with Crippen molar-refractivity contribution in [2.45, 2.75) is 11.8 Å². The Morgan fingerprint density at radius 3 is 2.41 bits per heavy atom. The van der Waals surface area contributed by atoms with E-state index in [2.05, 4.69) is 0 Å². The molecule has 0 heterocycles. The van der Waals surface area contributed by atoms with Gasteiger partial charge in [0.2, 0.25) is 0 Å². The lowest BCUT2D eigenvalue weighted by Gasteiger charge is -2.25. The molecule has 0 radical (unpaired) electrons. The van der Waals surface area contributed by atoms with Gasteiger partial charge in [0.1, 0.15) is 18.0 Å². The minimum absolute atomic E-state index is 0.000459. The van der Waals surface area contributed by atoms with Crippen LogP contribution in [-0.2, 0) is 19.6 Å². The van der Waals surface area contributed by atoms with Gasteiger partial charge in [-0.25, -0.2) is 8.42 Å². The molecule has 0 saturated heterocycles. The molecule has 11 heteroatoms. The molecule has 2 aromatic carbocycles. The molecule has 10 nitrogen and oxygen atoms in total. The number of nitro benzene ring substituents is 1. The van der Waals surface area contributed by atoms with E-state index in [0.717, 1.165) is 12.1 Å². The largest absolute Gasteiger partial charge is 0.497 e. The molecule has 0 fully saturated rings. The molecule has 0 spiro atoms. The second-order valence-electron chi connectivity index (χ2n) is 5.58. The molecule has 29 heavy (non-hydrogen) atoms. The monoisotopic (exact) mass is 424 g/mol. The number of hydrogen-bond acceptors (Lipinski definition) is 8. The van der Waals surface area contributed by atoms with Gasteiger partial charge in [0, 0.05) is 12.1 Å². The van der Waals surface area contributed by atoms with Gasteiger partial charge >= 0.3 is 5.97 Å². The third kappa shape index (κ3) is 4.74. The average Bonchev–Trinajstić information content (AvgIpc) is 2.71. The van der Waals surface area contributed by atoms with Gasteiger partial charge in [0.25, 0.3) is 15.7 Å². The Morgan fingerprint density at radius 1 is 1.14 bits per heavy atom. The van der Waals surface area contributed by atoms with Gasteiger partial charge in [-0.1, -0.05) is 12.1 Å². The maximum absolute atomic E-state index is 13.3. The fourth-order valence-electron chi connectivity index (χ4n) is 2.56. The maximum atomic E-state index is 13.3. The Labute approximate surface area is 167 Å². The van der Waals surface area contributed by atoms with E-state index in [-0.39, 0.29) is 18.0 Å². The average molecular weight is 424 g/mol. The highest BCUT2D eigenvalue weighted by molar-refractivity contribution is 7.93. The van der Waals surface area contributed by atoms with Crippen molar-refractivity contribution < 1.29 is 32.3 Å². The number of benzene rings is 2. The molecule has 0 unspecified atom stereocenters. The van der Waals surface area contributed by atoms with Gasteiger partial charge in [-0.3, -0.25) is 19.2 Å². The summed E-state index contributed by atoms with van der Waals surface area (Å²) < 4.78 is 42.6. The van der Waals surface area contributed by atoms with Crippen molar-refractivity contribution in [3.8, 4) is 11.5 Å². The van der Waals surface area contributed by atoms with E-state index < -0.39 is 38.0 Å². The van der Waals surface area contributed by atoms with Crippen LogP contribution in [0, 0.1) is 10.1 Å². The zero-order chi connectivity index (χ0) is 21.6. The van der Waals surface area contributed by atoms with Gasteiger partial charge in [-0.05, 0) is 25.1 Å². The molecular weight excluding hydrogens is 404 g/mol. The molecule has 156 valence electrons. The lowest BCUT2D eigenvalue weighted by molar-refractivity contribution is -0.387.